The molecule has 1 rings (SSSR count). The van der Waals surface area contributed by atoms with Gasteiger partial charge in [-0.05, 0) is 26.7 Å². The van der Waals surface area contributed by atoms with Gasteiger partial charge in [-0.2, -0.15) is 0 Å². The molecule has 0 spiro atoms. The summed E-state index contributed by atoms with van der Waals surface area (Å²) in [7, 11) is 0. The lowest BCUT2D eigenvalue weighted by Gasteiger charge is -2.10. The summed E-state index contributed by atoms with van der Waals surface area (Å²) < 4.78 is 5.73. The number of ether oxygens (including phenoxy) is 1. The van der Waals surface area contributed by atoms with Crippen LogP contribution in [0.4, 0.5) is 0 Å². The Bertz CT molecular complexity index is 167. The summed E-state index contributed by atoms with van der Waals surface area (Å²) in [6.07, 6.45) is 8.02. The second-order valence-electron chi connectivity index (χ2n) is 4.26. The highest BCUT2D eigenvalue weighted by Gasteiger charge is 2.14. The van der Waals surface area contributed by atoms with Crippen molar-refractivity contribution in [3.63, 3.8) is 0 Å². The molecule has 0 unspecified atom stereocenters. The normalized spacial score (nSPS) is 17.3. The lowest BCUT2D eigenvalue weighted by Crippen LogP contribution is -2.22. The van der Waals surface area contributed by atoms with E-state index in [2.05, 4.69) is 25.2 Å². The Morgan fingerprint density at radius 3 is 2.71 bits per heavy atom. The standard InChI is InChI=1S/C12H23NO/c1-11(2)7-8-13-9-10-14-12-5-3-4-6-12/h7,12-13H,3-6,8-10H2,1-2H3. The maximum atomic E-state index is 5.73. The maximum Gasteiger partial charge on any atom is 0.0594 e. The molecule has 2 nitrogen and oxygen atoms in total. The van der Waals surface area contributed by atoms with Crippen LogP contribution >= 0.6 is 0 Å². The van der Waals surface area contributed by atoms with E-state index in [9.17, 15) is 0 Å². The third-order valence-corrected chi connectivity index (χ3v) is 2.59. The monoisotopic (exact) mass is 197 g/mol. The van der Waals surface area contributed by atoms with E-state index < -0.39 is 0 Å². The smallest absolute Gasteiger partial charge is 0.0594 e. The Hall–Kier alpha value is -0.340. The van der Waals surface area contributed by atoms with Gasteiger partial charge < -0.3 is 10.1 Å². The van der Waals surface area contributed by atoms with E-state index in [0.717, 1.165) is 19.7 Å². The minimum atomic E-state index is 0.556. The molecule has 1 fully saturated rings. The molecule has 0 aliphatic heterocycles. The van der Waals surface area contributed by atoms with E-state index in [1.807, 2.05) is 0 Å². The summed E-state index contributed by atoms with van der Waals surface area (Å²) in [6.45, 7) is 7.05. The summed E-state index contributed by atoms with van der Waals surface area (Å²) in [6, 6.07) is 0. The SMILES string of the molecule is CC(C)=CCNCCOC1CCCC1. The van der Waals surface area contributed by atoms with Crippen LogP contribution in [0.5, 0.6) is 0 Å². The van der Waals surface area contributed by atoms with Gasteiger partial charge in [-0.1, -0.05) is 24.5 Å². The third-order valence-electron chi connectivity index (χ3n) is 2.59. The second-order valence-corrected chi connectivity index (χ2v) is 4.26. The molecule has 0 atom stereocenters. The largest absolute Gasteiger partial charge is 0.377 e. The minimum Gasteiger partial charge on any atom is -0.377 e. The van der Waals surface area contributed by atoms with Gasteiger partial charge in [-0.15, -0.1) is 0 Å². The Labute approximate surface area is 87.7 Å². The van der Waals surface area contributed by atoms with Crippen molar-refractivity contribution in [3.8, 4) is 0 Å². The van der Waals surface area contributed by atoms with Gasteiger partial charge in [-0.25, -0.2) is 0 Å². The van der Waals surface area contributed by atoms with Crippen LogP contribution < -0.4 is 5.32 Å². The minimum absolute atomic E-state index is 0.556. The van der Waals surface area contributed by atoms with E-state index in [1.165, 1.54) is 31.3 Å². The summed E-state index contributed by atoms with van der Waals surface area (Å²) in [5.41, 5.74) is 1.37. The molecule has 1 N–H and O–H groups in total. The molecular formula is C12H23NO. The lowest BCUT2D eigenvalue weighted by molar-refractivity contribution is 0.0608. The molecule has 0 bridgehead atoms. The molecule has 0 aromatic carbocycles. The molecule has 0 aromatic heterocycles. The molecule has 1 saturated carbocycles. The van der Waals surface area contributed by atoms with Gasteiger partial charge in [0, 0.05) is 13.1 Å². The molecular weight excluding hydrogens is 174 g/mol. The quantitative estimate of drug-likeness (QED) is 0.522. The van der Waals surface area contributed by atoms with Crippen molar-refractivity contribution >= 4 is 0 Å². The summed E-state index contributed by atoms with van der Waals surface area (Å²) in [4.78, 5) is 0. The van der Waals surface area contributed by atoms with Crippen molar-refractivity contribution in [1.29, 1.82) is 0 Å². The molecule has 1 aliphatic carbocycles. The molecule has 14 heavy (non-hydrogen) atoms. The van der Waals surface area contributed by atoms with Crippen LogP contribution in [0.15, 0.2) is 11.6 Å². The number of hydrogen-bond acceptors (Lipinski definition) is 2. The lowest BCUT2D eigenvalue weighted by atomic mass is 10.3. The topological polar surface area (TPSA) is 21.3 Å². The zero-order chi connectivity index (χ0) is 10.2. The molecule has 0 heterocycles. The first-order chi connectivity index (χ1) is 6.79. The molecule has 0 aromatic rings. The third kappa shape index (κ3) is 5.40. The first-order valence-electron chi connectivity index (χ1n) is 5.74. The summed E-state index contributed by atoms with van der Waals surface area (Å²) >= 11 is 0. The molecule has 1 aliphatic rings. The van der Waals surface area contributed by atoms with E-state index >= 15 is 0 Å². The Morgan fingerprint density at radius 2 is 2.07 bits per heavy atom. The summed E-state index contributed by atoms with van der Waals surface area (Å²) in [5, 5.41) is 3.34. The van der Waals surface area contributed by atoms with Crippen molar-refractivity contribution < 1.29 is 4.74 Å². The van der Waals surface area contributed by atoms with Gasteiger partial charge in [-0.3, -0.25) is 0 Å². The number of hydrogen-bond donors (Lipinski definition) is 1. The molecule has 0 saturated heterocycles. The van der Waals surface area contributed by atoms with Gasteiger partial charge >= 0.3 is 0 Å². The number of allylic oxidation sites excluding steroid dienone is 1. The van der Waals surface area contributed by atoms with Gasteiger partial charge in [0.25, 0.3) is 0 Å². The fourth-order valence-electron chi connectivity index (χ4n) is 1.73. The van der Waals surface area contributed by atoms with Gasteiger partial charge in [0.15, 0.2) is 0 Å². The first-order valence-corrected chi connectivity index (χ1v) is 5.74. The van der Waals surface area contributed by atoms with E-state index in [1.54, 1.807) is 0 Å². The zero-order valence-electron chi connectivity index (χ0n) is 9.51. The van der Waals surface area contributed by atoms with Crippen molar-refractivity contribution in [2.75, 3.05) is 19.7 Å². The number of rotatable bonds is 6. The fraction of sp³-hybridized carbons (Fsp3) is 0.833. The van der Waals surface area contributed by atoms with Gasteiger partial charge in [0.2, 0.25) is 0 Å². The van der Waals surface area contributed by atoms with Crippen molar-refractivity contribution in [3.05, 3.63) is 11.6 Å². The molecule has 0 radical (unpaired) electrons. The fourth-order valence-corrected chi connectivity index (χ4v) is 1.73. The van der Waals surface area contributed by atoms with E-state index in [-0.39, 0.29) is 0 Å². The predicted molar refractivity (Wildman–Crippen MR) is 60.5 cm³/mol. The summed E-state index contributed by atoms with van der Waals surface area (Å²) in [5.74, 6) is 0. The Balaban J connectivity index is 1.86. The van der Waals surface area contributed by atoms with Gasteiger partial charge in [0.1, 0.15) is 0 Å². The average molecular weight is 197 g/mol. The van der Waals surface area contributed by atoms with E-state index in [4.69, 9.17) is 4.74 Å². The van der Waals surface area contributed by atoms with Crippen LogP contribution in [0, 0.1) is 0 Å². The van der Waals surface area contributed by atoms with Crippen LogP contribution in [-0.4, -0.2) is 25.8 Å². The highest BCUT2D eigenvalue weighted by molar-refractivity contribution is 4.94. The van der Waals surface area contributed by atoms with Crippen LogP contribution in [0.1, 0.15) is 39.5 Å². The average Bonchev–Trinajstić information content (AvgIpc) is 2.63. The maximum absolute atomic E-state index is 5.73. The second kappa shape index (κ2) is 7.02. The number of nitrogens with one attached hydrogen (secondary N) is 1. The van der Waals surface area contributed by atoms with Gasteiger partial charge in [0.05, 0.1) is 12.7 Å². The van der Waals surface area contributed by atoms with Crippen LogP contribution in [-0.2, 0) is 4.74 Å². The molecule has 2 heteroatoms. The van der Waals surface area contributed by atoms with E-state index in [0.29, 0.717) is 6.10 Å². The Kier molecular flexibility index (Phi) is 5.88. The zero-order valence-corrected chi connectivity index (χ0v) is 9.51. The van der Waals surface area contributed by atoms with Crippen LogP contribution in [0.2, 0.25) is 0 Å². The van der Waals surface area contributed by atoms with Crippen molar-refractivity contribution in [1.82, 2.24) is 5.32 Å². The highest BCUT2D eigenvalue weighted by Crippen LogP contribution is 2.20. The molecule has 82 valence electrons. The van der Waals surface area contributed by atoms with Crippen LogP contribution in [0.25, 0.3) is 0 Å². The first kappa shape index (κ1) is 11.7. The predicted octanol–water partition coefficient (Wildman–Crippen LogP) is 2.50. The van der Waals surface area contributed by atoms with Crippen molar-refractivity contribution in [2.45, 2.75) is 45.6 Å². The highest BCUT2D eigenvalue weighted by atomic mass is 16.5. The Morgan fingerprint density at radius 1 is 1.36 bits per heavy atom. The molecule has 0 amide bonds. The van der Waals surface area contributed by atoms with Crippen LogP contribution in [0.3, 0.4) is 0 Å². The van der Waals surface area contributed by atoms with Crippen molar-refractivity contribution in [2.24, 2.45) is 0 Å².